The number of hydrogen-bond donors (Lipinski definition) is 1. The fraction of sp³-hybridized carbons (Fsp3) is 0.444. The van der Waals surface area contributed by atoms with Crippen molar-refractivity contribution in [2.75, 3.05) is 0 Å². The first-order valence-electron chi connectivity index (χ1n) is 5.02. The molecule has 0 aromatic carbocycles. The predicted molar refractivity (Wildman–Crippen MR) is 66.0 cm³/mol. The summed E-state index contributed by atoms with van der Waals surface area (Å²) in [4.78, 5) is 1.34. The first-order valence-corrected chi connectivity index (χ1v) is 6.10. The highest BCUT2D eigenvalue weighted by molar-refractivity contribution is 14.1. The van der Waals surface area contributed by atoms with E-state index in [2.05, 4.69) is 15.3 Å². The Labute approximate surface area is 115 Å². The number of nitrogens with zero attached hydrogens (tertiary/aromatic N) is 5. The summed E-state index contributed by atoms with van der Waals surface area (Å²) in [5.41, 5.74) is 0.795. The van der Waals surface area contributed by atoms with Crippen molar-refractivity contribution >= 4 is 22.6 Å². The molecule has 2 aromatic heterocycles. The molecule has 2 rings (SSSR count). The van der Waals surface area contributed by atoms with Crippen LogP contribution in [0.5, 0.6) is 0 Å². The molecule has 9 heteroatoms. The van der Waals surface area contributed by atoms with Gasteiger partial charge in [0.1, 0.15) is 22.0 Å². The molecule has 0 aliphatic heterocycles. The van der Waals surface area contributed by atoms with Crippen molar-refractivity contribution < 1.29 is 13.9 Å². The van der Waals surface area contributed by atoms with Gasteiger partial charge in [-0.2, -0.15) is 15.0 Å². The maximum absolute atomic E-state index is 12.2. The van der Waals surface area contributed by atoms with Crippen LogP contribution in [-0.4, -0.2) is 36.3 Å². The lowest BCUT2D eigenvalue weighted by Gasteiger charge is -2.04. The average Bonchev–Trinajstić information content (AvgIpc) is 2.84. The van der Waals surface area contributed by atoms with Crippen LogP contribution in [0.3, 0.4) is 0 Å². The van der Waals surface area contributed by atoms with Crippen molar-refractivity contribution in [3.63, 3.8) is 0 Å². The van der Waals surface area contributed by atoms with Gasteiger partial charge in [-0.15, -0.1) is 5.10 Å². The molecule has 0 aliphatic carbocycles. The minimum Gasteiger partial charge on any atom is -0.382 e. The molecule has 0 saturated heterocycles. The van der Waals surface area contributed by atoms with E-state index >= 15 is 0 Å². The minimum atomic E-state index is -2.48. The Morgan fingerprint density at radius 1 is 1.44 bits per heavy atom. The van der Waals surface area contributed by atoms with E-state index in [1.54, 1.807) is 7.05 Å². The summed E-state index contributed by atoms with van der Waals surface area (Å²) in [5.74, 6) is 0. The summed E-state index contributed by atoms with van der Waals surface area (Å²) >= 11 is 1.95. The van der Waals surface area contributed by atoms with Crippen LogP contribution < -0.4 is 0 Å². The quantitative estimate of drug-likeness (QED) is 0.816. The van der Waals surface area contributed by atoms with E-state index < -0.39 is 19.1 Å². The van der Waals surface area contributed by atoms with Gasteiger partial charge < -0.3 is 5.11 Å². The van der Waals surface area contributed by atoms with Crippen LogP contribution >= 0.6 is 22.6 Å². The molecule has 1 atom stereocenters. The fourth-order valence-corrected chi connectivity index (χ4v) is 2.20. The summed E-state index contributed by atoms with van der Waals surface area (Å²) in [6.45, 7) is -0.496. The number of alkyl halides is 2. The first kappa shape index (κ1) is 13.3. The van der Waals surface area contributed by atoms with Gasteiger partial charge in [-0.1, -0.05) is 0 Å². The largest absolute Gasteiger partial charge is 0.382 e. The van der Waals surface area contributed by atoms with E-state index in [0.717, 1.165) is 4.68 Å². The lowest BCUT2D eigenvalue weighted by molar-refractivity contribution is 0.121. The van der Waals surface area contributed by atoms with Gasteiger partial charge in [0.15, 0.2) is 0 Å². The Kier molecular flexibility index (Phi) is 3.90. The Morgan fingerprint density at radius 3 is 2.72 bits per heavy atom. The van der Waals surface area contributed by atoms with Gasteiger partial charge in [-0.05, 0) is 22.6 Å². The smallest absolute Gasteiger partial charge is 0.257 e. The molecular weight excluding hydrogens is 359 g/mol. The van der Waals surface area contributed by atoms with E-state index in [0.29, 0.717) is 15.0 Å². The summed E-state index contributed by atoms with van der Waals surface area (Å²) in [7, 11) is 1.64. The number of aliphatic hydroxyl groups is 1. The topological polar surface area (TPSA) is 68.8 Å². The number of aliphatic hydroxyl groups excluding tert-OH is 1. The molecule has 0 fully saturated rings. The van der Waals surface area contributed by atoms with Gasteiger partial charge in [0, 0.05) is 18.8 Å². The molecule has 0 bridgehead atoms. The molecule has 0 spiro atoms. The number of rotatable bonds is 4. The van der Waals surface area contributed by atoms with E-state index in [1.165, 1.54) is 17.2 Å². The van der Waals surface area contributed by atoms with Gasteiger partial charge in [-0.25, -0.2) is 8.78 Å². The molecule has 0 radical (unpaired) electrons. The standard InChI is InChI=1S/C9H10F2IN5O/c1-16-14-7(9(12)15-16)8(18)5-2-13-17(3-5)4-6(10)11/h2-3,6,8,18H,4H2,1H3. The van der Waals surface area contributed by atoms with Crippen molar-refractivity contribution in [1.82, 2.24) is 24.8 Å². The molecule has 0 amide bonds. The lowest BCUT2D eigenvalue weighted by Crippen LogP contribution is -2.07. The first-order chi connectivity index (χ1) is 8.47. The second-order valence-corrected chi connectivity index (χ2v) is 4.68. The van der Waals surface area contributed by atoms with Gasteiger partial charge >= 0.3 is 0 Å². The van der Waals surface area contributed by atoms with Crippen LogP contribution in [0.15, 0.2) is 12.4 Å². The van der Waals surface area contributed by atoms with Crippen molar-refractivity contribution in [3.8, 4) is 0 Å². The molecule has 0 saturated carbocycles. The van der Waals surface area contributed by atoms with Crippen molar-refractivity contribution in [1.29, 1.82) is 0 Å². The van der Waals surface area contributed by atoms with Gasteiger partial charge in [0.2, 0.25) is 0 Å². The van der Waals surface area contributed by atoms with Crippen LogP contribution in [0.1, 0.15) is 17.4 Å². The predicted octanol–water partition coefficient (Wildman–Crippen LogP) is 0.963. The molecule has 6 nitrogen and oxygen atoms in total. The van der Waals surface area contributed by atoms with Crippen LogP contribution in [0.25, 0.3) is 0 Å². The second kappa shape index (κ2) is 5.26. The Morgan fingerprint density at radius 2 is 2.17 bits per heavy atom. The normalized spacial score (nSPS) is 13.2. The fourth-order valence-electron chi connectivity index (χ4n) is 1.49. The number of halogens is 3. The third-order valence-corrected chi connectivity index (χ3v) is 3.02. The highest BCUT2D eigenvalue weighted by atomic mass is 127. The Balaban J connectivity index is 2.21. The zero-order chi connectivity index (χ0) is 13.3. The Hall–Kier alpha value is -1.10. The third kappa shape index (κ3) is 2.83. The van der Waals surface area contributed by atoms with E-state index in [4.69, 9.17) is 0 Å². The van der Waals surface area contributed by atoms with Crippen LogP contribution in [0.2, 0.25) is 0 Å². The summed E-state index contributed by atoms with van der Waals surface area (Å²) in [5, 5.41) is 21.8. The van der Waals surface area contributed by atoms with E-state index in [9.17, 15) is 13.9 Å². The molecular formula is C9H10F2IN5O. The number of aromatic nitrogens is 5. The van der Waals surface area contributed by atoms with Gasteiger partial charge in [0.05, 0.1) is 6.20 Å². The zero-order valence-corrected chi connectivity index (χ0v) is 11.5. The Bertz CT molecular complexity index is 541. The zero-order valence-electron chi connectivity index (χ0n) is 9.33. The van der Waals surface area contributed by atoms with Crippen molar-refractivity contribution in [3.05, 3.63) is 27.4 Å². The van der Waals surface area contributed by atoms with Crippen LogP contribution in [0.4, 0.5) is 8.78 Å². The molecule has 1 N–H and O–H groups in total. The monoisotopic (exact) mass is 369 g/mol. The maximum atomic E-state index is 12.2. The van der Waals surface area contributed by atoms with Crippen LogP contribution in [0, 0.1) is 3.70 Å². The number of aryl methyl sites for hydroxylation is 1. The molecule has 2 aromatic rings. The molecule has 2 heterocycles. The minimum absolute atomic E-state index is 0.384. The van der Waals surface area contributed by atoms with Crippen LogP contribution in [-0.2, 0) is 13.6 Å². The highest BCUT2D eigenvalue weighted by Gasteiger charge is 2.20. The van der Waals surface area contributed by atoms with Gasteiger partial charge in [0.25, 0.3) is 6.43 Å². The maximum Gasteiger partial charge on any atom is 0.257 e. The summed E-state index contributed by atoms with van der Waals surface area (Å²) < 4.78 is 26.0. The van der Waals surface area contributed by atoms with Gasteiger partial charge in [-0.3, -0.25) is 4.68 Å². The molecule has 1 unspecified atom stereocenters. The third-order valence-electron chi connectivity index (χ3n) is 2.25. The molecule has 0 aliphatic rings. The van der Waals surface area contributed by atoms with Crippen molar-refractivity contribution in [2.24, 2.45) is 7.05 Å². The van der Waals surface area contributed by atoms with E-state index in [-0.39, 0.29) is 0 Å². The second-order valence-electron chi connectivity index (χ2n) is 3.65. The van der Waals surface area contributed by atoms with E-state index in [1.807, 2.05) is 22.6 Å². The summed E-state index contributed by atoms with van der Waals surface area (Å²) in [6, 6.07) is 0. The lowest BCUT2D eigenvalue weighted by atomic mass is 10.1. The molecule has 98 valence electrons. The summed E-state index contributed by atoms with van der Waals surface area (Å²) in [6.07, 6.45) is -0.775. The number of hydrogen-bond acceptors (Lipinski definition) is 4. The highest BCUT2D eigenvalue weighted by Crippen LogP contribution is 2.22. The SMILES string of the molecule is Cn1nc(I)c(C(O)c2cnn(CC(F)F)c2)n1. The average molecular weight is 369 g/mol. The molecule has 18 heavy (non-hydrogen) atoms. The van der Waals surface area contributed by atoms with Crippen molar-refractivity contribution in [2.45, 2.75) is 19.1 Å².